The summed E-state index contributed by atoms with van der Waals surface area (Å²) in [7, 11) is 0. The zero-order valence-corrected chi connectivity index (χ0v) is 13.2. The predicted octanol–water partition coefficient (Wildman–Crippen LogP) is 1.18. The average molecular weight is 322 g/mol. The number of piperazine rings is 1. The van der Waals surface area contributed by atoms with E-state index >= 15 is 0 Å². The number of benzene rings is 1. The lowest BCUT2D eigenvalue weighted by Gasteiger charge is -2.36. The summed E-state index contributed by atoms with van der Waals surface area (Å²) in [5, 5.41) is 10.2. The number of rotatable bonds is 4. The van der Waals surface area contributed by atoms with Crippen LogP contribution in [0.1, 0.15) is 24.5 Å². The van der Waals surface area contributed by atoms with Gasteiger partial charge in [0.1, 0.15) is 11.9 Å². The van der Waals surface area contributed by atoms with E-state index in [0.29, 0.717) is 31.8 Å². The monoisotopic (exact) mass is 322 g/mol. The minimum absolute atomic E-state index is 0.0984. The van der Waals surface area contributed by atoms with Crippen molar-refractivity contribution >= 4 is 5.91 Å². The van der Waals surface area contributed by atoms with E-state index in [9.17, 15) is 14.3 Å². The zero-order valence-electron chi connectivity index (χ0n) is 13.2. The van der Waals surface area contributed by atoms with Crippen molar-refractivity contribution in [3.63, 3.8) is 0 Å². The van der Waals surface area contributed by atoms with E-state index in [0.717, 1.165) is 25.9 Å². The van der Waals surface area contributed by atoms with Crippen molar-refractivity contribution in [3.05, 3.63) is 35.6 Å². The Bertz CT molecular complexity index is 523. The molecule has 2 aliphatic rings. The number of ether oxygens (including phenoxy) is 1. The van der Waals surface area contributed by atoms with Crippen LogP contribution in [0.2, 0.25) is 0 Å². The van der Waals surface area contributed by atoms with Gasteiger partial charge in [-0.05, 0) is 30.5 Å². The second kappa shape index (κ2) is 7.38. The Morgan fingerprint density at radius 2 is 1.96 bits per heavy atom. The molecule has 1 aromatic rings. The van der Waals surface area contributed by atoms with Crippen molar-refractivity contribution < 1.29 is 19.0 Å². The highest BCUT2D eigenvalue weighted by Gasteiger charge is 2.30. The summed E-state index contributed by atoms with van der Waals surface area (Å²) >= 11 is 0. The number of hydrogen-bond acceptors (Lipinski definition) is 4. The number of nitrogens with zero attached hydrogens (tertiary/aromatic N) is 2. The normalized spacial score (nSPS) is 23.9. The molecule has 0 bridgehead atoms. The molecule has 6 heteroatoms. The maximum atomic E-state index is 12.9. The molecule has 0 saturated carbocycles. The molecule has 2 aliphatic heterocycles. The molecule has 3 rings (SSSR count). The lowest BCUT2D eigenvalue weighted by atomic mass is 10.1. The van der Waals surface area contributed by atoms with Gasteiger partial charge in [0, 0.05) is 39.3 Å². The van der Waals surface area contributed by atoms with Gasteiger partial charge in [0.15, 0.2) is 0 Å². The fourth-order valence-corrected chi connectivity index (χ4v) is 3.16. The molecule has 0 aliphatic carbocycles. The first-order chi connectivity index (χ1) is 11.1. The Morgan fingerprint density at radius 1 is 1.26 bits per heavy atom. The average Bonchev–Trinajstić information content (AvgIpc) is 3.10. The number of aliphatic hydroxyl groups excluding tert-OH is 1. The first-order valence-electron chi connectivity index (χ1n) is 8.20. The van der Waals surface area contributed by atoms with E-state index in [4.69, 9.17) is 4.74 Å². The highest BCUT2D eigenvalue weighted by Crippen LogP contribution is 2.18. The van der Waals surface area contributed by atoms with E-state index < -0.39 is 6.10 Å². The Labute approximate surface area is 135 Å². The summed E-state index contributed by atoms with van der Waals surface area (Å²) in [6, 6.07) is 5.93. The maximum Gasteiger partial charge on any atom is 0.251 e. The number of halogens is 1. The van der Waals surface area contributed by atoms with Crippen molar-refractivity contribution in [2.24, 2.45) is 0 Å². The highest BCUT2D eigenvalue weighted by atomic mass is 19.1. The molecule has 2 atom stereocenters. The third-order valence-corrected chi connectivity index (χ3v) is 4.58. The van der Waals surface area contributed by atoms with Crippen LogP contribution in [0.4, 0.5) is 4.39 Å². The molecule has 23 heavy (non-hydrogen) atoms. The van der Waals surface area contributed by atoms with Gasteiger partial charge in [-0.15, -0.1) is 0 Å². The van der Waals surface area contributed by atoms with Gasteiger partial charge in [0.25, 0.3) is 5.91 Å². The molecule has 0 aromatic heterocycles. The minimum Gasteiger partial charge on any atom is -0.387 e. The fraction of sp³-hybridized carbons (Fsp3) is 0.588. The predicted molar refractivity (Wildman–Crippen MR) is 83.4 cm³/mol. The summed E-state index contributed by atoms with van der Waals surface area (Å²) in [5.74, 6) is -0.205. The molecule has 1 N–H and O–H groups in total. The summed E-state index contributed by atoms with van der Waals surface area (Å²) < 4.78 is 18.4. The zero-order chi connectivity index (χ0) is 16.2. The molecule has 0 spiro atoms. The van der Waals surface area contributed by atoms with Crippen LogP contribution in [0.3, 0.4) is 0 Å². The van der Waals surface area contributed by atoms with E-state index in [1.54, 1.807) is 12.1 Å². The number of carbonyl (C=O) groups is 1. The minimum atomic E-state index is -0.643. The van der Waals surface area contributed by atoms with Crippen molar-refractivity contribution in [1.29, 1.82) is 0 Å². The number of amides is 1. The van der Waals surface area contributed by atoms with E-state index in [1.165, 1.54) is 12.1 Å². The van der Waals surface area contributed by atoms with Crippen LogP contribution in [0, 0.1) is 5.82 Å². The number of β-amino-alcohol motifs (C(OH)–C–C–N with tert-alkyl or cyclic N) is 1. The molecule has 2 saturated heterocycles. The van der Waals surface area contributed by atoms with Gasteiger partial charge in [-0.25, -0.2) is 4.39 Å². The molecule has 5 nitrogen and oxygen atoms in total. The molecule has 0 unspecified atom stereocenters. The molecule has 2 fully saturated rings. The van der Waals surface area contributed by atoms with Crippen LogP contribution in [0.25, 0.3) is 0 Å². The van der Waals surface area contributed by atoms with Gasteiger partial charge in [0.05, 0.1) is 6.10 Å². The summed E-state index contributed by atoms with van der Waals surface area (Å²) in [6.07, 6.45) is 0.880. The van der Waals surface area contributed by atoms with Crippen molar-refractivity contribution in [2.45, 2.75) is 25.0 Å². The third kappa shape index (κ3) is 4.07. The van der Waals surface area contributed by atoms with Crippen molar-refractivity contribution in [3.8, 4) is 0 Å². The number of hydrogen-bond donors (Lipinski definition) is 1. The van der Waals surface area contributed by atoms with Crippen LogP contribution in [-0.4, -0.2) is 66.2 Å². The molecular weight excluding hydrogens is 299 g/mol. The number of aliphatic hydroxyl groups is 1. The molecule has 126 valence electrons. The van der Waals surface area contributed by atoms with E-state index in [-0.39, 0.29) is 17.8 Å². The molecule has 2 heterocycles. The first kappa shape index (κ1) is 16.4. The van der Waals surface area contributed by atoms with E-state index in [2.05, 4.69) is 4.90 Å². The van der Waals surface area contributed by atoms with Gasteiger partial charge in [-0.2, -0.15) is 0 Å². The number of carbonyl (C=O) groups excluding carboxylic acids is 1. The van der Waals surface area contributed by atoms with Crippen LogP contribution >= 0.6 is 0 Å². The second-order valence-electron chi connectivity index (χ2n) is 6.19. The summed E-state index contributed by atoms with van der Waals surface area (Å²) in [5.41, 5.74) is 0.712. The van der Waals surface area contributed by atoms with Crippen LogP contribution in [-0.2, 0) is 9.53 Å². The molecular formula is C17H23FN2O3. The van der Waals surface area contributed by atoms with Gasteiger partial charge in [-0.3, -0.25) is 9.69 Å². The molecule has 0 radical (unpaired) electrons. The summed E-state index contributed by atoms with van der Waals surface area (Å²) in [6.45, 7) is 3.96. The smallest absolute Gasteiger partial charge is 0.251 e. The van der Waals surface area contributed by atoms with Crippen molar-refractivity contribution in [2.75, 3.05) is 39.3 Å². The maximum absolute atomic E-state index is 12.9. The first-order valence-corrected chi connectivity index (χ1v) is 8.20. The van der Waals surface area contributed by atoms with Gasteiger partial charge >= 0.3 is 0 Å². The van der Waals surface area contributed by atoms with Gasteiger partial charge in [0.2, 0.25) is 0 Å². The Morgan fingerprint density at radius 3 is 2.57 bits per heavy atom. The van der Waals surface area contributed by atoms with E-state index in [1.807, 2.05) is 4.90 Å². The third-order valence-electron chi connectivity index (χ3n) is 4.58. The standard InChI is InChI=1S/C17H23FN2O3/c18-14-5-3-13(4-6-14)15(21)12-19-7-9-20(10-8-19)17(22)16-2-1-11-23-16/h3-6,15-16,21H,1-2,7-12H2/t15-,16-/m0/s1. The molecule has 1 aromatic carbocycles. The lowest BCUT2D eigenvalue weighted by molar-refractivity contribution is -0.142. The highest BCUT2D eigenvalue weighted by molar-refractivity contribution is 5.81. The Hall–Kier alpha value is -1.50. The Balaban J connectivity index is 1.47. The SMILES string of the molecule is O=C([C@@H]1CCCO1)N1CCN(C[C@H](O)c2ccc(F)cc2)CC1. The quantitative estimate of drug-likeness (QED) is 0.904. The Kier molecular flexibility index (Phi) is 5.25. The summed E-state index contributed by atoms with van der Waals surface area (Å²) in [4.78, 5) is 16.3. The van der Waals surface area contributed by atoms with Crippen LogP contribution in [0.15, 0.2) is 24.3 Å². The largest absolute Gasteiger partial charge is 0.387 e. The fourth-order valence-electron chi connectivity index (χ4n) is 3.16. The van der Waals surface area contributed by atoms with Crippen molar-refractivity contribution in [1.82, 2.24) is 9.80 Å². The second-order valence-corrected chi connectivity index (χ2v) is 6.19. The topological polar surface area (TPSA) is 53.0 Å². The van der Waals surface area contributed by atoms with Gasteiger partial charge < -0.3 is 14.7 Å². The van der Waals surface area contributed by atoms with Crippen LogP contribution < -0.4 is 0 Å². The van der Waals surface area contributed by atoms with Crippen LogP contribution in [0.5, 0.6) is 0 Å². The lowest BCUT2D eigenvalue weighted by Crippen LogP contribution is -2.52. The molecule has 1 amide bonds. The van der Waals surface area contributed by atoms with Gasteiger partial charge in [-0.1, -0.05) is 12.1 Å².